The van der Waals surface area contributed by atoms with Crippen molar-refractivity contribution in [1.29, 1.82) is 0 Å². The highest BCUT2D eigenvalue weighted by atomic mass is 16.5. The molecule has 16 heavy (non-hydrogen) atoms. The molecule has 0 bridgehead atoms. The van der Waals surface area contributed by atoms with Crippen LogP contribution in [-0.2, 0) is 4.74 Å². The molecular weight excluding hydrogens is 200 g/mol. The molecule has 1 unspecified atom stereocenters. The zero-order valence-corrected chi connectivity index (χ0v) is 12.2. The van der Waals surface area contributed by atoms with Crippen molar-refractivity contribution < 1.29 is 4.74 Å². The van der Waals surface area contributed by atoms with E-state index in [0.29, 0.717) is 6.04 Å². The summed E-state index contributed by atoms with van der Waals surface area (Å²) in [6, 6.07) is 0.472. The number of hydrogen-bond donors (Lipinski definition) is 0. The van der Waals surface area contributed by atoms with Gasteiger partial charge in [-0.3, -0.25) is 4.90 Å². The maximum absolute atomic E-state index is 5.74. The van der Waals surface area contributed by atoms with E-state index in [9.17, 15) is 0 Å². The summed E-state index contributed by atoms with van der Waals surface area (Å²) in [5, 5.41) is 0. The van der Waals surface area contributed by atoms with Crippen LogP contribution in [0.4, 0.5) is 0 Å². The molecule has 1 rings (SSSR count). The lowest BCUT2D eigenvalue weighted by atomic mass is 9.92. The Hall–Kier alpha value is -0.120. The van der Waals surface area contributed by atoms with Gasteiger partial charge in [0.1, 0.15) is 0 Å². The van der Waals surface area contributed by atoms with Gasteiger partial charge < -0.3 is 9.64 Å². The zero-order chi connectivity index (χ0) is 12.7. The lowest BCUT2D eigenvalue weighted by Crippen LogP contribution is -2.54. The van der Waals surface area contributed by atoms with Gasteiger partial charge in [0.2, 0.25) is 0 Å². The van der Waals surface area contributed by atoms with Crippen LogP contribution in [0.2, 0.25) is 0 Å². The number of hydrogen-bond acceptors (Lipinski definition) is 3. The Bertz CT molecular complexity index is 243. The molecule has 2 atom stereocenters. The van der Waals surface area contributed by atoms with Crippen LogP contribution in [-0.4, -0.2) is 60.8 Å². The van der Waals surface area contributed by atoms with E-state index in [-0.39, 0.29) is 17.2 Å². The third-order valence-electron chi connectivity index (χ3n) is 3.84. The third-order valence-corrected chi connectivity index (χ3v) is 3.84. The van der Waals surface area contributed by atoms with E-state index in [1.54, 1.807) is 0 Å². The number of nitrogens with zero attached hydrogens (tertiary/aromatic N) is 2. The zero-order valence-electron chi connectivity index (χ0n) is 12.2. The summed E-state index contributed by atoms with van der Waals surface area (Å²) in [6.45, 7) is 12.5. The highest BCUT2D eigenvalue weighted by Gasteiger charge is 2.52. The highest BCUT2D eigenvalue weighted by molar-refractivity contribution is 5.08. The molecule has 0 aromatic rings. The van der Waals surface area contributed by atoms with Crippen molar-refractivity contribution in [3.05, 3.63) is 0 Å². The van der Waals surface area contributed by atoms with Crippen molar-refractivity contribution in [2.45, 2.75) is 57.8 Å². The lowest BCUT2D eigenvalue weighted by Gasteiger charge is -2.43. The summed E-state index contributed by atoms with van der Waals surface area (Å²) in [6.07, 6.45) is 0.265. The average molecular weight is 228 g/mol. The molecule has 1 heterocycles. The molecule has 1 aliphatic rings. The van der Waals surface area contributed by atoms with Gasteiger partial charge in [0, 0.05) is 30.8 Å². The van der Waals surface area contributed by atoms with Gasteiger partial charge in [-0.2, -0.15) is 0 Å². The van der Waals surface area contributed by atoms with Gasteiger partial charge in [0.05, 0.1) is 6.10 Å². The van der Waals surface area contributed by atoms with E-state index in [1.165, 1.54) is 0 Å². The van der Waals surface area contributed by atoms with Crippen molar-refractivity contribution in [2.24, 2.45) is 0 Å². The van der Waals surface area contributed by atoms with E-state index in [0.717, 1.165) is 6.54 Å². The van der Waals surface area contributed by atoms with Gasteiger partial charge in [-0.1, -0.05) is 0 Å². The molecule has 1 saturated heterocycles. The second-order valence-electron chi connectivity index (χ2n) is 6.62. The second kappa shape index (κ2) is 4.28. The summed E-state index contributed by atoms with van der Waals surface area (Å²) >= 11 is 0. The fourth-order valence-corrected chi connectivity index (χ4v) is 3.16. The Kier molecular flexibility index (Phi) is 3.73. The molecule has 1 fully saturated rings. The predicted molar refractivity (Wildman–Crippen MR) is 68.8 cm³/mol. The van der Waals surface area contributed by atoms with Crippen molar-refractivity contribution in [3.63, 3.8) is 0 Å². The fraction of sp³-hybridized carbons (Fsp3) is 1.00. The first-order chi connectivity index (χ1) is 7.12. The van der Waals surface area contributed by atoms with Crippen LogP contribution in [0.15, 0.2) is 0 Å². The first-order valence-corrected chi connectivity index (χ1v) is 6.09. The summed E-state index contributed by atoms with van der Waals surface area (Å²) < 4.78 is 5.74. The van der Waals surface area contributed by atoms with Gasteiger partial charge >= 0.3 is 0 Å². The molecule has 96 valence electrons. The molecule has 0 saturated carbocycles. The highest BCUT2D eigenvalue weighted by Crippen LogP contribution is 2.38. The van der Waals surface area contributed by atoms with E-state index >= 15 is 0 Å². The fourth-order valence-electron chi connectivity index (χ4n) is 3.16. The van der Waals surface area contributed by atoms with E-state index in [1.807, 2.05) is 7.11 Å². The summed E-state index contributed by atoms with van der Waals surface area (Å²) in [4.78, 5) is 4.83. The Morgan fingerprint density at radius 3 is 2.00 bits per heavy atom. The maximum Gasteiger partial charge on any atom is 0.0916 e. The molecule has 0 radical (unpaired) electrons. The first-order valence-electron chi connectivity index (χ1n) is 6.09. The number of likely N-dealkylation sites (N-methyl/N-ethyl adjacent to an activating group) is 1. The van der Waals surface area contributed by atoms with Crippen LogP contribution >= 0.6 is 0 Å². The normalized spacial score (nSPS) is 31.3. The average Bonchev–Trinajstić information content (AvgIpc) is 2.35. The third kappa shape index (κ3) is 2.27. The Balaban J connectivity index is 3.01. The summed E-state index contributed by atoms with van der Waals surface area (Å²) in [5.41, 5.74) is 0.271. The van der Waals surface area contributed by atoms with Crippen molar-refractivity contribution in [1.82, 2.24) is 9.80 Å². The SMILES string of the molecule is COC1[C@H](N(C)C)CN(C(C)(C)C)C1(C)C. The quantitative estimate of drug-likeness (QED) is 0.717. The second-order valence-corrected chi connectivity index (χ2v) is 6.62. The molecule has 0 aliphatic carbocycles. The molecule has 1 aliphatic heterocycles. The minimum atomic E-state index is 0.0853. The van der Waals surface area contributed by atoms with E-state index in [4.69, 9.17) is 4.74 Å². The van der Waals surface area contributed by atoms with Crippen molar-refractivity contribution >= 4 is 0 Å². The van der Waals surface area contributed by atoms with Crippen LogP contribution in [0.5, 0.6) is 0 Å². The largest absolute Gasteiger partial charge is 0.378 e. The molecule has 0 amide bonds. The lowest BCUT2D eigenvalue weighted by molar-refractivity contribution is -0.0263. The minimum absolute atomic E-state index is 0.0853. The molecule has 0 spiro atoms. The summed E-state index contributed by atoms with van der Waals surface area (Å²) in [7, 11) is 6.10. The van der Waals surface area contributed by atoms with Gasteiger partial charge in [0.15, 0.2) is 0 Å². The Labute approximate surface area is 101 Å². The maximum atomic E-state index is 5.74. The monoisotopic (exact) mass is 228 g/mol. The summed E-state index contributed by atoms with van der Waals surface area (Å²) in [5.74, 6) is 0. The van der Waals surface area contributed by atoms with Gasteiger partial charge in [0.25, 0.3) is 0 Å². The van der Waals surface area contributed by atoms with Crippen LogP contribution in [0.1, 0.15) is 34.6 Å². The number of ether oxygens (including phenoxy) is 1. The number of methoxy groups -OCH3 is 1. The first kappa shape index (κ1) is 13.9. The molecule has 0 aromatic heterocycles. The van der Waals surface area contributed by atoms with Gasteiger partial charge in [-0.15, -0.1) is 0 Å². The molecule has 0 aromatic carbocycles. The molecule has 3 heteroatoms. The van der Waals surface area contributed by atoms with E-state index < -0.39 is 0 Å². The molecule has 0 N–H and O–H groups in total. The predicted octanol–water partition coefficient (Wildman–Crippen LogP) is 1.82. The van der Waals surface area contributed by atoms with Crippen LogP contribution < -0.4 is 0 Å². The molecular formula is C13H28N2O. The van der Waals surface area contributed by atoms with Crippen LogP contribution in [0.25, 0.3) is 0 Å². The molecule has 3 nitrogen and oxygen atoms in total. The number of rotatable bonds is 2. The minimum Gasteiger partial charge on any atom is -0.378 e. The van der Waals surface area contributed by atoms with Gasteiger partial charge in [-0.05, 0) is 48.7 Å². The van der Waals surface area contributed by atoms with Gasteiger partial charge in [-0.25, -0.2) is 0 Å². The Morgan fingerprint density at radius 1 is 1.25 bits per heavy atom. The smallest absolute Gasteiger partial charge is 0.0916 e. The standard InChI is InChI=1S/C13H28N2O/c1-12(2,3)15-9-10(14(6)7)11(16-8)13(15,4)5/h10-11H,9H2,1-8H3/t10-,11?/m1/s1. The number of likely N-dealkylation sites (tertiary alicyclic amines) is 1. The van der Waals surface area contributed by atoms with Crippen LogP contribution in [0, 0.1) is 0 Å². The van der Waals surface area contributed by atoms with Crippen LogP contribution in [0.3, 0.4) is 0 Å². The Morgan fingerprint density at radius 2 is 1.75 bits per heavy atom. The van der Waals surface area contributed by atoms with E-state index in [2.05, 4.69) is 58.5 Å². The van der Waals surface area contributed by atoms with Crippen molar-refractivity contribution in [2.75, 3.05) is 27.7 Å². The topological polar surface area (TPSA) is 15.7 Å². The van der Waals surface area contributed by atoms with Crippen molar-refractivity contribution in [3.8, 4) is 0 Å².